The van der Waals surface area contributed by atoms with Gasteiger partial charge in [-0.25, -0.2) is 11.4 Å². The van der Waals surface area contributed by atoms with Gasteiger partial charge in [-0.2, -0.15) is 5.10 Å². The number of hydrogen-bond acceptors (Lipinski definition) is 6. The first kappa shape index (κ1) is 20.2. The fraction of sp³-hybridized carbons (Fsp3) is 0.182. The van der Waals surface area contributed by atoms with E-state index in [-0.39, 0.29) is 0 Å². The molecule has 7 heteroatoms. The fourth-order valence-electron chi connectivity index (χ4n) is 2.70. The number of nitrogens with zero attached hydrogens (tertiary/aromatic N) is 2. The van der Waals surface area contributed by atoms with Crippen molar-refractivity contribution in [2.45, 2.75) is 19.4 Å². The highest BCUT2D eigenvalue weighted by Gasteiger charge is 2.02. The third-order valence-corrected chi connectivity index (χ3v) is 4.18. The Kier molecular flexibility index (Phi) is 7.42. The zero-order chi connectivity index (χ0) is 20.3. The molecule has 3 aromatic rings. The van der Waals surface area contributed by atoms with Crippen LogP contribution in [0.1, 0.15) is 18.5 Å². The van der Waals surface area contributed by atoms with Crippen molar-refractivity contribution in [2.75, 3.05) is 6.61 Å². The lowest BCUT2D eigenvalue weighted by Gasteiger charge is -2.10. The summed E-state index contributed by atoms with van der Waals surface area (Å²) < 4.78 is 11.6. The first-order valence-electron chi connectivity index (χ1n) is 9.38. The second-order valence-corrected chi connectivity index (χ2v) is 6.35. The molecule has 0 radical (unpaired) electrons. The largest absolute Gasteiger partial charge is 0.493 e. The topological polar surface area (TPSA) is 108 Å². The van der Waals surface area contributed by atoms with Crippen LogP contribution in [0.3, 0.4) is 0 Å². The molecule has 0 spiro atoms. The van der Waals surface area contributed by atoms with Crippen molar-refractivity contribution >= 4 is 5.84 Å². The van der Waals surface area contributed by atoms with Crippen molar-refractivity contribution < 1.29 is 9.47 Å². The van der Waals surface area contributed by atoms with Crippen LogP contribution < -0.4 is 26.6 Å². The normalized spacial score (nSPS) is 11.1. The van der Waals surface area contributed by atoms with Crippen molar-refractivity contribution in [1.29, 1.82) is 0 Å². The van der Waals surface area contributed by atoms with Gasteiger partial charge in [-0.1, -0.05) is 42.5 Å². The van der Waals surface area contributed by atoms with Crippen LogP contribution in [0.5, 0.6) is 11.5 Å². The maximum atomic E-state index is 5.85. The zero-order valence-electron chi connectivity index (χ0n) is 16.1. The first-order valence-corrected chi connectivity index (χ1v) is 9.38. The molecule has 2 aromatic carbocycles. The van der Waals surface area contributed by atoms with Crippen molar-refractivity contribution in [2.24, 2.45) is 16.7 Å². The van der Waals surface area contributed by atoms with Crippen LogP contribution in [-0.2, 0) is 6.61 Å². The maximum Gasteiger partial charge on any atom is 0.130 e. The summed E-state index contributed by atoms with van der Waals surface area (Å²) in [6.45, 7) is 0.907. The molecule has 5 N–H and O–H groups in total. The summed E-state index contributed by atoms with van der Waals surface area (Å²) in [5, 5.41) is 3.70. The van der Waals surface area contributed by atoms with E-state index < -0.39 is 0 Å². The summed E-state index contributed by atoms with van der Waals surface area (Å²) in [4.78, 5) is 4.49. The van der Waals surface area contributed by atoms with Crippen molar-refractivity contribution in [3.8, 4) is 22.6 Å². The van der Waals surface area contributed by atoms with E-state index in [9.17, 15) is 0 Å². The van der Waals surface area contributed by atoms with Gasteiger partial charge < -0.3 is 15.2 Å². The Morgan fingerprint density at radius 3 is 2.45 bits per heavy atom. The van der Waals surface area contributed by atoms with Gasteiger partial charge in [0, 0.05) is 24.2 Å². The lowest BCUT2D eigenvalue weighted by atomic mass is 10.1. The predicted molar refractivity (Wildman–Crippen MR) is 114 cm³/mol. The van der Waals surface area contributed by atoms with Gasteiger partial charge >= 0.3 is 0 Å². The van der Waals surface area contributed by atoms with Crippen molar-refractivity contribution in [3.05, 3.63) is 78.6 Å². The Balaban J connectivity index is 1.48. The quantitative estimate of drug-likeness (QED) is 0.161. The highest BCUT2D eigenvalue weighted by atomic mass is 16.5. The summed E-state index contributed by atoms with van der Waals surface area (Å²) in [6, 6.07) is 21.7. The number of amidine groups is 1. The number of ether oxygens (including phenoxy) is 2. The van der Waals surface area contributed by atoms with Gasteiger partial charge in [0.25, 0.3) is 0 Å². The van der Waals surface area contributed by atoms with Crippen molar-refractivity contribution in [3.63, 3.8) is 0 Å². The molecule has 0 bridgehead atoms. The lowest BCUT2D eigenvalue weighted by Crippen LogP contribution is -2.22. The van der Waals surface area contributed by atoms with Gasteiger partial charge in [0.05, 0.1) is 12.3 Å². The molecule has 0 aliphatic heterocycles. The average molecular weight is 391 g/mol. The summed E-state index contributed by atoms with van der Waals surface area (Å²) in [7, 11) is 0. The van der Waals surface area contributed by atoms with Gasteiger partial charge in [-0.3, -0.25) is 4.98 Å². The summed E-state index contributed by atoms with van der Waals surface area (Å²) in [6.07, 6.45) is 3.20. The second kappa shape index (κ2) is 10.7. The average Bonchev–Trinajstić information content (AvgIpc) is 2.77. The van der Waals surface area contributed by atoms with Gasteiger partial charge in [0.2, 0.25) is 0 Å². The minimum Gasteiger partial charge on any atom is -0.493 e. The molecule has 7 nitrogen and oxygen atoms in total. The monoisotopic (exact) mass is 391 g/mol. The molecule has 1 aromatic heterocycles. The molecule has 0 atom stereocenters. The van der Waals surface area contributed by atoms with E-state index in [0.29, 0.717) is 25.5 Å². The van der Waals surface area contributed by atoms with Crippen LogP contribution in [0.4, 0.5) is 0 Å². The number of nitrogens with two attached hydrogens (primary N) is 2. The molecule has 0 aliphatic carbocycles. The number of aromatic nitrogens is 1. The second-order valence-electron chi connectivity index (χ2n) is 6.35. The molecule has 0 fully saturated rings. The highest BCUT2D eigenvalue weighted by Crippen LogP contribution is 2.21. The van der Waals surface area contributed by atoms with Gasteiger partial charge in [0.1, 0.15) is 23.9 Å². The Morgan fingerprint density at radius 2 is 1.72 bits per heavy atom. The highest BCUT2D eigenvalue weighted by molar-refractivity contribution is 5.79. The number of pyridine rings is 1. The van der Waals surface area contributed by atoms with E-state index in [2.05, 4.69) is 33.8 Å². The van der Waals surface area contributed by atoms with E-state index >= 15 is 0 Å². The number of rotatable bonds is 10. The maximum absolute atomic E-state index is 5.85. The van der Waals surface area contributed by atoms with Crippen LogP contribution in [0.2, 0.25) is 0 Å². The number of benzene rings is 2. The van der Waals surface area contributed by atoms with Crippen LogP contribution in [-0.4, -0.2) is 17.4 Å². The van der Waals surface area contributed by atoms with Gasteiger partial charge in [-0.15, -0.1) is 0 Å². The smallest absolute Gasteiger partial charge is 0.130 e. The van der Waals surface area contributed by atoms with E-state index in [0.717, 1.165) is 34.7 Å². The third kappa shape index (κ3) is 6.51. The van der Waals surface area contributed by atoms with E-state index in [1.54, 1.807) is 0 Å². The molecular weight excluding hydrogens is 366 g/mol. The SMILES string of the molecule is NN/N=C(\N)CCCOc1cccc(OCc2ccc(-c3ccccc3)cn2)c1. The fourth-order valence-corrected chi connectivity index (χ4v) is 2.70. The Morgan fingerprint density at radius 1 is 0.931 bits per heavy atom. The minimum absolute atomic E-state index is 0.387. The van der Waals surface area contributed by atoms with Crippen molar-refractivity contribution in [1.82, 2.24) is 10.5 Å². The summed E-state index contributed by atoms with van der Waals surface area (Å²) in [5.41, 5.74) is 10.9. The first-order chi connectivity index (χ1) is 14.2. The molecule has 0 saturated carbocycles. The molecule has 3 rings (SSSR count). The number of hydrazine groups is 1. The lowest BCUT2D eigenvalue weighted by molar-refractivity contribution is 0.290. The van der Waals surface area contributed by atoms with Gasteiger partial charge in [-0.05, 0) is 30.2 Å². The number of hydrazone groups is 1. The van der Waals surface area contributed by atoms with E-state index in [1.165, 1.54) is 0 Å². The molecule has 0 amide bonds. The third-order valence-electron chi connectivity index (χ3n) is 4.18. The van der Waals surface area contributed by atoms with Crippen LogP contribution in [0.25, 0.3) is 11.1 Å². The molecular formula is C22H25N5O2. The molecule has 29 heavy (non-hydrogen) atoms. The predicted octanol–water partition coefficient (Wildman–Crippen LogP) is 3.22. The Bertz CT molecular complexity index is 914. The van der Waals surface area contributed by atoms with Crippen LogP contribution in [0, 0.1) is 0 Å². The summed E-state index contributed by atoms with van der Waals surface area (Å²) in [5.74, 6) is 6.99. The molecule has 0 aliphatic rings. The van der Waals surface area contributed by atoms with Crippen LogP contribution >= 0.6 is 0 Å². The minimum atomic E-state index is 0.387. The standard InChI is InChI=1S/C22H25N5O2/c23-22(26-27-24)10-5-13-28-20-8-4-9-21(14-20)29-16-19-12-11-18(15-25-19)17-6-2-1-3-7-17/h1-4,6-9,11-12,14-15,27H,5,10,13,16,24H2,(H2,23,26). The summed E-state index contributed by atoms with van der Waals surface area (Å²) >= 11 is 0. The molecule has 0 unspecified atom stereocenters. The number of hydrogen-bond donors (Lipinski definition) is 3. The molecule has 1 heterocycles. The molecule has 150 valence electrons. The van der Waals surface area contributed by atoms with Gasteiger partial charge in [0.15, 0.2) is 0 Å². The van der Waals surface area contributed by atoms with E-state index in [1.807, 2.05) is 54.7 Å². The zero-order valence-corrected chi connectivity index (χ0v) is 16.1. The van der Waals surface area contributed by atoms with Crippen LogP contribution in [0.15, 0.2) is 78.0 Å². The Hall–Kier alpha value is -3.58. The van der Waals surface area contributed by atoms with E-state index in [4.69, 9.17) is 21.1 Å². The number of nitrogens with one attached hydrogen (secondary N) is 1. The molecule has 0 saturated heterocycles. The Labute approximate surface area is 170 Å².